The third-order valence-corrected chi connectivity index (χ3v) is 8.32. The number of allylic oxidation sites excluding steroid dienone is 1. The van der Waals surface area contributed by atoms with Crippen LogP contribution in [0.4, 0.5) is 5.00 Å². The number of methoxy groups -OCH3 is 1. The molecule has 7 nitrogen and oxygen atoms in total. The smallest absolute Gasteiger partial charge is 0.341 e. The number of carbonyl (C=O) groups excluding carboxylic acids is 2. The number of esters is 1. The number of thiophene rings is 1. The summed E-state index contributed by atoms with van der Waals surface area (Å²) in [5.74, 6) is -0.00454. The molecule has 1 amide bonds. The van der Waals surface area contributed by atoms with Crippen LogP contribution in [0.5, 0.6) is 0 Å². The summed E-state index contributed by atoms with van der Waals surface area (Å²) >= 11 is 15.1. The normalized spacial score (nSPS) is 13.1. The Labute approximate surface area is 221 Å². The number of aryl methyl sites for hydroxylation is 1. The molecular weight excluding hydrogens is 527 g/mol. The van der Waals surface area contributed by atoms with Crippen molar-refractivity contribution in [3.63, 3.8) is 0 Å². The van der Waals surface area contributed by atoms with Gasteiger partial charge in [0.05, 0.1) is 23.4 Å². The van der Waals surface area contributed by atoms with E-state index < -0.39 is 5.97 Å². The van der Waals surface area contributed by atoms with Gasteiger partial charge < -0.3 is 10.1 Å². The number of benzene rings is 1. The lowest BCUT2D eigenvalue weighted by Gasteiger charge is -2.10. The Kier molecular flexibility index (Phi) is 8.54. The molecule has 2 aromatic heterocycles. The lowest BCUT2D eigenvalue weighted by Crippen LogP contribution is -2.16. The third kappa shape index (κ3) is 5.74. The van der Waals surface area contributed by atoms with Crippen molar-refractivity contribution < 1.29 is 14.3 Å². The van der Waals surface area contributed by atoms with Crippen LogP contribution in [0.1, 0.15) is 40.1 Å². The summed E-state index contributed by atoms with van der Waals surface area (Å²) in [4.78, 5) is 26.6. The van der Waals surface area contributed by atoms with Gasteiger partial charge in [0.1, 0.15) is 5.00 Å². The average Bonchev–Trinajstić information content (AvgIpc) is 3.29. The van der Waals surface area contributed by atoms with E-state index in [4.69, 9.17) is 27.9 Å². The molecule has 1 aliphatic carbocycles. The molecule has 3 aromatic rings. The van der Waals surface area contributed by atoms with Crippen molar-refractivity contribution in [1.29, 1.82) is 0 Å². The number of thioether (sulfide) groups is 1. The highest BCUT2D eigenvalue weighted by molar-refractivity contribution is 7.99. The largest absolute Gasteiger partial charge is 0.465 e. The first-order valence-electron chi connectivity index (χ1n) is 11.1. The molecule has 0 fully saturated rings. The Hall–Kier alpha value is -2.33. The van der Waals surface area contributed by atoms with Gasteiger partial charge in [-0.25, -0.2) is 4.79 Å². The van der Waals surface area contributed by atoms with Crippen LogP contribution in [-0.2, 0) is 28.9 Å². The number of nitrogens with zero attached hydrogens (tertiary/aromatic N) is 3. The minimum absolute atomic E-state index is 0.0901. The Morgan fingerprint density at radius 2 is 2.06 bits per heavy atom. The number of anilines is 1. The van der Waals surface area contributed by atoms with Crippen LogP contribution in [0.25, 0.3) is 11.4 Å². The van der Waals surface area contributed by atoms with Gasteiger partial charge in [0.15, 0.2) is 11.0 Å². The molecule has 1 aliphatic rings. The third-order valence-electron chi connectivity index (χ3n) is 5.60. The fraction of sp³-hybridized carbons (Fsp3) is 0.333. The van der Waals surface area contributed by atoms with Crippen LogP contribution in [0.3, 0.4) is 0 Å². The molecule has 184 valence electrons. The zero-order valence-corrected chi connectivity index (χ0v) is 22.2. The number of hydrogen-bond acceptors (Lipinski definition) is 7. The molecule has 35 heavy (non-hydrogen) atoms. The van der Waals surface area contributed by atoms with E-state index >= 15 is 0 Å². The number of aromatic nitrogens is 3. The van der Waals surface area contributed by atoms with E-state index in [0.29, 0.717) is 43.7 Å². The van der Waals surface area contributed by atoms with Gasteiger partial charge in [0.2, 0.25) is 5.91 Å². The monoisotopic (exact) mass is 550 g/mol. The summed E-state index contributed by atoms with van der Waals surface area (Å²) in [6.45, 7) is 4.25. The van der Waals surface area contributed by atoms with E-state index in [1.165, 1.54) is 30.2 Å². The topological polar surface area (TPSA) is 86.1 Å². The molecule has 1 N–H and O–H groups in total. The maximum atomic E-state index is 12.9. The van der Waals surface area contributed by atoms with Crippen molar-refractivity contribution >= 4 is 63.2 Å². The molecule has 2 heterocycles. The van der Waals surface area contributed by atoms with Crippen LogP contribution >= 0.6 is 46.3 Å². The highest BCUT2D eigenvalue weighted by Gasteiger charge is 2.26. The van der Waals surface area contributed by atoms with E-state index in [-0.39, 0.29) is 11.7 Å². The number of ether oxygens (including phenoxy) is 1. The molecule has 0 atom stereocenters. The number of amides is 1. The second-order valence-electron chi connectivity index (χ2n) is 7.93. The molecule has 0 radical (unpaired) electrons. The predicted molar refractivity (Wildman–Crippen MR) is 142 cm³/mol. The van der Waals surface area contributed by atoms with Crippen molar-refractivity contribution in [3.8, 4) is 11.4 Å². The second kappa shape index (κ2) is 11.6. The van der Waals surface area contributed by atoms with Crippen molar-refractivity contribution in [2.45, 2.75) is 43.8 Å². The Balaban J connectivity index is 1.52. The molecule has 0 saturated heterocycles. The quantitative estimate of drug-likeness (QED) is 0.153. The maximum absolute atomic E-state index is 12.9. The Morgan fingerprint density at radius 3 is 2.80 bits per heavy atom. The fourth-order valence-electron chi connectivity index (χ4n) is 4.00. The first-order chi connectivity index (χ1) is 16.9. The molecular formula is C24H24Cl2N4O3S2. The standard InChI is InChI=1S/C24H24Cl2N4O3S2/c1-3-11-30-21(15-10-9-14(25)12-17(15)26)28-29-24(30)34-13-19(31)27-22-20(23(32)33-2)16-7-5-4-6-8-18(16)35-22/h3,9-10,12H,1,4-8,11,13H2,2H3,(H,27,31). The number of fused-ring (bicyclic) bond motifs is 1. The lowest BCUT2D eigenvalue weighted by atomic mass is 10.1. The Morgan fingerprint density at radius 1 is 1.26 bits per heavy atom. The van der Waals surface area contributed by atoms with Gasteiger partial charge >= 0.3 is 5.97 Å². The number of halogens is 2. The average molecular weight is 552 g/mol. The number of nitrogens with one attached hydrogen (secondary N) is 1. The minimum atomic E-state index is -0.414. The maximum Gasteiger partial charge on any atom is 0.341 e. The van der Waals surface area contributed by atoms with Crippen LogP contribution < -0.4 is 5.32 Å². The van der Waals surface area contributed by atoms with Crippen molar-refractivity contribution in [2.24, 2.45) is 0 Å². The molecule has 1 aromatic carbocycles. The van der Waals surface area contributed by atoms with Gasteiger partial charge in [-0.1, -0.05) is 47.5 Å². The highest BCUT2D eigenvalue weighted by Crippen LogP contribution is 2.38. The number of hydrogen-bond donors (Lipinski definition) is 1. The molecule has 4 rings (SSSR count). The van der Waals surface area contributed by atoms with Gasteiger partial charge in [0, 0.05) is 22.0 Å². The summed E-state index contributed by atoms with van der Waals surface area (Å²) in [6, 6.07) is 5.16. The van der Waals surface area contributed by atoms with E-state index in [0.717, 1.165) is 42.5 Å². The lowest BCUT2D eigenvalue weighted by molar-refractivity contribution is -0.113. The zero-order valence-electron chi connectivity index (χ0n) is 19.1. The van der Waals surface area contributed by atoms with E-state index in [1.54, 1.807) is 24.3 Å². The highest BCUT2D eigenvalue weighted by atomic mass is 35.5. The fourth-order valence-corrected chi connectivity index (χ4v) is 6.54. The summed E-state index contributed by atoms with van der Waals surface area (Å²) in [5, 5.41) is 13.6. The van der Waals surface area contributed by atoms with E-state index in [9.17, 15) is 9.59 Å². The van der Waals surface area contributed by atoms with Gasteiger partial charge in [-0.05, 0) is 49.4 Å². The van der Waals surface area contributed by atoms with E-state index in [2.05, 4.69) is 22.1 Å². The van der Waals surface area contributed by atoms with Gasteiger partial charge in [-0.3, -0.25) is 9.36 Å². The van der Waals surface area contributed by atoms with Crippen molar-refractivity contribution in [3.05, 3.63) is 56.9 Å². The molecule has 0 spiro atoms. The Bertz CT molecular complexity index is 1270. The number of carbonyl (C=O) groups is 2. The van der Waals surface area contributed by atoms with Gasteiger partial charge in [-0.2, -0.15) is 0 Å². The predicted octanol–water partition coefficient (Wildman–Crippen LogP) is 6.29. The number of rotatable bonds is 8. The molecule has 0 unspecified atom stereocenters. The minimum Gasteiger partial charge on any atom is -0.465 e. The second-order valence-corrected chi connectivity index (χ2v) is 10.8. The summed E-state index contributed by atoms with van der Waals surface area (Å²) in [5.41, 5.74) is 2.18. The van der Waals surface area contributed by atoms with Crippen LogP contribution in [0, 0.1) is 0 Å². The summed E-state index contributed by atoms with van der Waals surface area (Å²) in [6.07, 6.45) is 6.69. The summed E-state index contributed by atoms with van der Waals surface area (Å²) < 4.78 is 6.86. The van der Waals surface area contributed by atoms with Gasteiger partial charge in [-0.15, -0.1) is 28.1 Å². The SMILES string of the molecule is C=CCn1c(SCC(=O)Nc2sc3c(c2C(=O)OC)CCCCC3)nnc1-c1ccc(Cl)cc1Cl. The molecule has 0 bridgehead atoms. The van der Waals surface area contributed by atoms with Crippen LogP contribution in [0.15, 0.2) is 36.0 Å². The zero-order chi connectivity index (χ0) is 24.9. The van der Waals surface area contributed by atoms with Crippen molar-refractivity contribution in [1.82, 2.24) is 14.8 Å². The molecule has 11 heteroatoms. The molecule has 0 saturated carbocycles. The summed E-state index contributed by atoms with van der Waals surface area (Å²) in [7, 11) is 1.36. The van der Waals surface area contributed by atoms with Crippen molar-refractivity contribution in [2.75, 3.05) is 18.2 Å². The first kappa shape index (κ1) is 25.8. The molecule has 0 aliphatic heterocycles. The van der Waals surface area contributed by atoms with Crippen LogP contribution in [0.2, 0.25) is 10.0 Å². The van der Waals surface area contributed by atoms with Gasteiger partial charge in [0.25, 0.3) is 0 Å². The van der Waals surface area contributed by atoms with Crippen LogP contribution in [-0.4, -0.2) is 39.5 Å². The van der Waals surface area contributed by atoms with E-state index in [1.807, 2.05) is 4.57 Å². The first-order valence-corrected chi connectivity index (χ1v) is 13.6.